The molecular weight excluding hydrogens is 589 g/mol. The van der Waals surface area contributed by atoms with Crippen LogP contribution < -0.4 is 0 Å². The summed E-state index contributed by atoms with van der Waals surface area (Å²) >= 11 is 12.3. The van der Waals surface area contributed by atoms with E-state index in [-0.39, 0.29) is 59.5 Å². The van der Waals surface area contributed by atoms with Crippen molar-refractivity contribution in [3.63, 3.8) is 0 Å². The predicted molar refractivity (Wildman–Crippen MR) is 142 cm³/mol. The number of aromatic nitrogens is 2. The van der Waals surface area contributed by atoms with E-state index in [0.29, 0.717) is 0 Å². The van der Waals surface area contributed by atoms with E-state index in [1.807, 2.05) is 0 Å². The highest BCUT2D eigenvalue weighted by atomic mass is 35.5. The first-order valence-electron chi connectivity index (χ1n) is 13.4. The highest BCUT2D eigenvalue weighted by Crippen LogP contribution is 2.66. The Kier molecular flexibility index (Phi) is 7.46. The number of alkyl halides is 4. The molecule has 0 bridgehead atoms. The average molecular weight is 618 g/mol. The highest BCUT2D eigenvalue weighted by molar-refractivity contribution is 6.40. The van der Waals surface area contributed by atoms with Crippen LogP contribution in [0.2, 0.25) is 10.0 Å². The Morgan fingerprint density at radius 3 is 2.20 bits per heavy atom. The average Bonchev–Trinajstić information content (AvgIpc) is 3.48. The zero-order valence-electron chi connectivity index (χ0n) is 22.2. The van der Waals surface area contributed by atoms with Gasteiger partial charge >= 0.3 is 12.1 Å². The molecule has 13 heteroatoms. The summed E-state index contributed by atoms with van der Waals surface area (Å²) in [6.07, 6.45) is -1.65. The van der Waals surface area contributed by atoms with E-state index in [9.17, 15) is 32.7 Å². The number of hydrogen-bond acceptors (Lipinski definition) is 4. The minimum atomic E-state index is -5.00. The number of aliphatic carboxylic acids is 1. The Labute approximate surface area is 243 Å². The Bertz CT molecular complexity index is 1370. The van der Waals surface area contributed by atoms with Gasteiger partial charge in [-0.1, -0.05) is 29.3 Å². The van der Waals surface area contributed by atoms with Crippen LogP contribution in [0.5, 0.6) is 0 Å². The second-order valence-corrected chi connectivity index (χ2v) is 12.9. The summed E-state index contributed by atoms with van der Waals surface area (Å²) in [4.78, 5) is 39.4. The first-order valence-corrected chi connectivity index (χ1v) is 14.2. The number of rotatable bonds is 8. The van der Waals surface area contributed by atoms with E-state index >= 15 is 4.39 Å². The topological polar surface area (TPSA) is 92.5 Å². The van der Waals surface area contributed by atoms with Gasteiger partial charge in [0.1, 0.15) is 5.67 Å². The summed E-state index contributed by atoms with van der Waals surface area (Å²) in [5.41, 5.74) is -5.23. The quantitative estimate of drug-likeness (QED) is 0.254. The van der Waals surface area contributed by atoms with Gasteiger partial charge in [-0.25, -0.2) is 4.39 Å². The number of ketones is 1. The van der Waals surface area contributed by atoms with Gasteiger partial charge < -0.3 is 10.0 Å². The van der Waals surface area contributed by atoms with Crippen LogP contribution in [0.3, 0.4) is 0 Å². The maximum atomic E-state index is 15.7. The van der Waals surface area contributed by atoms with Crippen molar-refractivity contribution in [3.05, 3.63) is 51.3 Å². The van der Waals surface area contributed by atoms with Crippen LogP contribution in [-0.2, 0) is 11.0 Å². The molecular formula is C28H29Cl2F4N3O4. The van der Waals surface area contributed by atoms with Crippen molar-refractivity contribution < 1.29 is 37.1 Å². The molecule has 1 spiro atoms. The Morgan fingerprint density at radius 2 is 1.68 bits per heavy atom. The van der Waals surface area contributed by atoms with Gasteiger partial charge in [-0.3, -0.25) is 19.1 Å². The lowest BCUT2D eigenvalue weighted by Crippen LogP contribution is -2.52. The molecule has 5 rings (SSSR count). The molecule has 0 saturated heterocycles. The largest absolute Gasteiger partial charge is 0.481 e. The molecule has 0 radical (unpaired) electrons. The number of nitrogens with zero attached hydrogens (tertiary/aromatic N) is 3. The zero-order valence-corrected chi connectivity index (χ0v) is 23.8. The van der Waals surface area contributed by atoms with Gasteiger partial charge in [0.25, 0.3) is 5.91 Å². The van der Waals surface area contributed by atoms with Crippen LogP contribution >= 0.6 is 23.2 Å². The molecule has 0 aliphatic heterocycles. The highest BCUT2D eigenvalue weighted by Gasteiger charge is 2.62. The summed E-state index contributed by atoms with van der Waals surface area (Å²) in [6.45, 7) is 0.252. The zero-order chi connectivity index (χ0) is 30.0. The minimum Gasteiger partial charge on any atom is -0.481 e. The maximum Gasteiger partial charge on any atom is 0.433 e. The Balaban J connectivity index is 1.46. The SMILES string of the molecule is C[C@]1(C(=O)O)CC[C@H](n2ncc(C(=O)N(CC(=O)c3c(Cl)cccc3Cl)CC3(F)CC4(CC4)C3)c2C(F)(F)F)CC1. The Hall–Kier alpha value is -2.66. The van der Waals surface area contributed by atoms with Crippen LogP contribution in [0.25, 0.3) is 0 Å². The molecule has 1 amide bonds. The third kappa shape index (κ3) is 5.71. The van der Waals surface area contributed by atoms with Crippen molar-refractivity contribution in [2.75, 3.05) is 13.1 Å². The number of amides is 1. The third-order valence-corrected chi connectivity index (χ3v) is 9.52. The van der Waals surface area contributed by atoms with Gasteiger partial charge in [-0.15, -0.1) is 0 Å². The second kappa shape index (κ2) is 10.3. The minimum absolute atomic E-state index is 0.0000947. The van der Waals surface area contributed by atoms with Crippen LogP contribution in [0.15, 0.2) is 24.4 Å². The smallest absolute Gasteiger partial charge is 0.433 e. The number of hydrogen-bond donors (Lipinski definition) is 1. The van der Waals surface area contributed by atoms with Crippen molar-refractivity contribution in [1.82, 2.24) is 14.7 Å². The lowest BCUT2D eigenvalue weighted by atomic mass is 9.69. The number of benzene rings is 1. The molecule has 7 nitrogen and oxygen atoms in total. The number of carbonyl (C=O) groups excluding carboxylic acids is 2. The van der Waals surface area contributed by atoms with Gasteiger partial charge in [0.2, 0.25) is 0 Å². The van der Waals surface area contributed by atoms with Crippen molar-refractivity contribution in [2.45, 2.75) is 76.2 Å². The number of carboxylic acids is 1. The standard InChI is InChI=1S/C28H29Cl2F4N3O4/c1-25(24(40)41)7-5-16(6-8-25)37-22(28(32,33)34)17(11-35-37)23(39)36(15-27(31)13-26(14-27)9-10-26)12-20(38)21-18(29)3-2-4-19(21)30/h2-4,11,16H,5-10,12-15H2,1H3,(H,40,41)/t16-,25-. The molecule has 0 unspecified atom stereocenters. The molecule has 222 valence electrons. The van der Waals surface area contributed by atoms with E-state index in [4.69, 9.17) is 23.2 Å². The van der Waals surface area contributed by atoms with E-state index in [2.05, 4.69) is 5.10 Å². The Morgan fingerprint density at radius 1 is 1.10 bits per heavy atom. The molecule has 41 heavy (non-hydrogen) atoms. The van der Waals surface area contributed by atoms with Gasteiger partial charge in [-0.05, 0) is 75.8 Å². The molecule has 3 aliphatic rings. The normalized spacial score (nSPS) is 24.5. The molecule has 1 aromatic heterocycles. The molecule has 0 atom stereocenters. The van der Waals surface area contributed by atoms with Crippen molar-refractivity contribution in [2.24, 2.45) is 10.8 Å². The summed E-state index contributed by atoms with van der Waals surface area (Å²) in [5, 5.41) is 13.4. The lowest BCUT2D eigenvalue weighted by Gasteiger charge is -2.44. The molecule has 1 aromatic carbocycles. The molecule has 3 saturated carbocycles. The molecule has 2 aromatic rings. The summed E-state index contributed by atoms with van der Waals surface area (Å²) in [5.74, 6) is -2.94. The number of carbonyl (C=O) groups is 3. The summed E-state index contributed by atoms with van der Waals surface area (Å²) in [6, 6.07) is 3.56. The monoisotopic (exact) mass is 617 g/mol. The van der Waals surface area contributed by atoms with E-state index in [1.54, 1.807) is 6.92 Å². The van der Waals surface area contributed by atoms with Crippen LogP contribution in [0.1, 0.15) is 90.7 Å². The predicted octanol–water partition coefficient (Wildman–Crippen LogP) is 7.02. The van der Waals surface area contributed by atoms with Gasteiger partial charge in [-0.2, -0.15) is 18.3 Å². The molecule has 3 fully saturated rings. The van der Waals surface area contributed by atoms with Crippen molar-refractivity contribution in [1.29, 1.82) is 0 Å². The lowest BCUT2D eigenvalue weighted by molar-refractivity contribution is -0.152. The fourth-order valence-corrected chi connectivity index (χ4v) is 7.05. The third-order valence-electron chi connectivity index (χ3n) is 8.89. The number of halogens is 6. The molecule has 3 aliphatic carbocycles. The van der Waals surface area contributed by atoms with Crippen LogP contribution in [-0.4, -0.2) is 56.2 Å². The van der Waals surface area contributed by atoms with Crippen molar-refractivity contribution >= 4 is 40.9 Å². The van der Waals surface area contributed by atoms with Gasteiger partial charge in [0, 0.05) is 0 Å². The number of carboxylic acid groups (broad SMARTS) is 1. The first kappa shape index (κ1) is 29.8. The summed E-state index contributed by atoms with van der Waals surface area (Å²) < 4.78 is 59.8. The van der Waals surface area contributed by atoms with Crippen molar-refractivity contribution in [3.8, 4) is 0 Å². The second-order valence-electron chi connectivity index (χ2n) is 12.1. The van der Waals surface area contributed by atoms with E-state index < -0.39 is 65.3 Å². The maximum absolute atomic E-state index is 15.7. The van der Waals surface area contributed by atoms with Gasteiger partial charge in [0.05, 0.1) is 51.9 Å². The van der Waals surface area contributed by atoms with Crippen LogP contribution in [0, 0.1) is 10.8 Å². The summed E-state index contributed by atoms with van der Waals surface area (Å²) in [7, 11) is 0. The van der Waals surface area contributed by atoms with Crippen LogP contribution in [0.4, 0.5) is 17.6 Å². The fraction of sp³-hybridized carbons (Fsp3) is 0.571. The fourth-order valence-electron chi connectivity index (χ4n) is 6.44. The first-order chi connectivity index (χ1) is 19.1. The van der Waals surface area contributed by atoms with E-state index in [1.165, 1.54) is 18.2 Å². The molecule has 1 N–H and O–H groups in total. The van der Waals surface area contributed by atoms with E-state index in [0.717, 1.165) is 28.6 Å². The molecule has 1 heterocycles. The number of Topliss-reactive ketones (excluding diaryl/α,β-unsaturated/α-hetero) is 1. The van der Waals surface area contributed by atoms with Gasteiger partial charge in [0.15, 0.2) is 11.5 Å².